The molecule has 4 amide bonds. The Balaban J connectivity index is 5.22. The van der Waals surface area contributed by atoms with E-state index in [9.17, 15) is 33.9 Å². The van der Waals surface area contributed by atoms with Gasteiger partial charge in [-0.15, -0.1) is 0 Å². The highest BCUT2D eigenvalue weighted by molar-refractivity contribution is 5.95. The zero-order chi connectivity index (χ0) is 28.7. The average molecular weight is 531 g/mol. The molecule has 0 saturated carbocycles. The molecule has 14 nitrogen and oxygen atoms in total. The predicted octanol–water partition coefficient (Wildman–Crippen LogP) is -1.73. The fraction of sp³-hybridized carbons (Fsp3) is 0.739. The molecule has 14 heteroatoms. The fourth-order valence-corrected chi connectivity index (χ4v) is 3.29. The zero-order valence-electron chi connectivity index (χ0n) is 21.9. The summed E-state index contributed by atoms with van der Waals surface area (Å²) >= 11 is 0. The summed E-state index contributed by atoms with van der Waals surface area (Å²) in [5.41, 5.74) is 11.0. The number of carboxylic acid groups (broad SMARTS) is 2. The summed E-state index contributed by atoms with van der Waals surface area (Å²) in [7, 11) is 0. The summed E-state index contributed by atoms with van der Waals surface area (Å²) in [6, 6.07) is -4.63. The fourth-order valence-electron chi connectivity index (χ4n) is 3.29. The number of nitrogens with two attached hydrogens (primary N) is 2. The number of aliphatic carboxylic acids is 2. The van der Waals surface area contributed by atoms with Crippen molar-refractivity contribution in [2.24, 2.45) is 23.3 Å². The minimum Gasteiger partial charge on any atom is -0.481 e. The molecule has 0 bridgehead atoms. The van der Waals surface area contributed by atoms with Gasteiger partial charge in [-0.1, -0.05) is 34.1 Å². The van der Waals surface area contributed by atoms with Crippen molar-refractivity contribution < 1.29 is 39.0 Å². The maximum absolute atomic E-state index is 13.0. The average Bonchev–Trinajstić information content (AvgIpc) is 2.82. The molecule has 10 N–H and O–H groups in total. The second kappa shape index (κ2) is 17.2. The molecule has 0 heterocycles. The van der Waals surface area contributed by atoms with Crippen LogP contribution in [0.2, 0.25) is 0 Å². The summed E-state index contributed by atoms with van der Waals surface area (Å²) in [6.07, 6.45) is 1.18. The Hall–Kier alpha value is -3.26. The van der Waals surface area contributed by atoms with Crippen LogP contribution >= 0.6 is 0 Å². The van der Waals surface area contributed by atoms with Gasteiger partial charge in [0.1, 0.15) is 18.1 Å². The van der Waals surface area contributed by atoms with Gasteiger partial charge in [0.05, 0.1) is 19.0 Å². The van der Waals surface area contributed by atoms with E-state index in [0.29, 0.717) is 25.8 Å². The minimum atomic E-state index is -1.36. The van der Waals surface area contributed by atoms with Crippen LogP contribution in [-0.2, 0) is 28.8 Å². The van der Waals surface area contributed by atoms with E-state index in [4.69, 9.17) is 16.6 Å². The van der Waals surface area contributed by atoms with Crippen molar-refractivity contribution in [2.45, 2.75) is 84.0 Å². The van der Waals surface area contributed by atoms with E-state index < -0.39 is 78.6 Å². The van der Waals surface area contributed by atoms with Crippen LogP contribution in [0, 0.1) is 11.8 Å². The van der Waals surface area contributed by atoms with E-state index in [-0.39, 0.29) is 12.3 Å². The lowest BCUT2D eigenvalue weighted by Crippen LogP contribution is -2.59. The van der Waals surface area contributed by atoms with Crippen molar-refractivity contribution in [2.75, 3.05) is 13.1 Å². The molecular formula is C23H42N6O8. The molecule has 37 heavy (non-hydrogen) atoms. The maximum atomic E-state index is 13.0. The molecule has 0 unspecified atom stereocenters. The number of rotatable bonds is 18. The predicted molar refractivity (Wildman–Crippen MR) is 134 cm³/mol. The van der Waals surface area contributed by atoms with Crippen LogP contribution in [0.1, 0.15) is 59.8 Å². The molecule has 0 radical (unpaired) electrons. The van der Waals surface area contributed by atoms with Gasteiger partial charge in [0, 0.05) is 0 Å². The summed E-state index contributed by atoms with van der Waals surface area (Å²) in [4.78, 5) is 72.5. The van der Waals surface area contributed by atoms with Gasteiger partial charge in [-0.25, -0.2) is 4.79 Å². The van der Waals surface area contributed by atoms with Crippen molar-refractivity contribution in [1.82, 2.24) is 21.3 Å². The third-order valence-electron chi connectivity index (χ3n) is 5.77. The zero-order valence-corrected chi connectivity index (χ0v) is 21.9. The van der Waals surface area contributed by atoms with Crippen LogP contribution < -0.4 is 32.7 Å². The maximum Gasteiger partial charge on any atom is 0.326 e. The normalized spacial score (nSPS) is 15.0. The van der Waals surface area contributed by atoms with E-state index in [1.165, 1.54) is 0 Å². The molecule has 0 rings (SSSR count). The molecule has 0 aromatic rings. The van der Waals surface area contributed by atoms with Crippen molar-refractivity contribution in [1.29, 1.82) is 0 Å². The van der Waals surface area contributed by atoms with E-state index in [2.05, 4.69) is 21.3 Å². The molecule has 0 saturated heterocycles. The molecule has 0 spiro atoms. The van der Waals surface area contributed by atoms with Gasteiger partial charge >= 0.3 is 11.9 Å². The number of amides is 4. The Morgan fingerprint density at radius 3 is 1.92 bits per heavy atom. The third-order valence-corrected chi connectivity index (χ3v) is 5.77. The molecule has 0 aromatic carbocycles. The first-order chi connectivity index (χ1) is 17.2. The van der Waals surface area contributed by atoms with E-state index in [1.54, 1.807) is 27.7 Å². The molecule has 0 fully saturated rings. The second-order valence-electron chi connectivity index (χ2n) is 9.27. The van der Waals surface area contributed by atoms with Crippen LogP contribution in [0.3, 0.4) is 0 Å². The van der Waals surface area contributed by atoms with Gasteiger partial charge in [0.15, 0.2) is 0 Å². The Bertz CT molecular complexity index is 806. The number of hydrogen-bond donors (Lipinski definition) is 8. The Morgan fingerprint density at radius 1 is 0.838 bits per heavy atom. The Morgan fingerprint density at radius 2 is 1.43 bits per heavy atom. The van der Waals surface area contributed by atoms with Crippen molar-refractivity contribution in [3.8, 4) is 0 Å². The minimum absolute atomic E-state index is 0.190. The topological polar surface area (TPSA) is 243 Å². The van der Waals surface area contributed by atoms with Gasteiger partial charge < -0.3 is 42.9 Å². The van der Waals surface area contributed by atoms with Gasteiger partial charge in [0.2, 0.25) is 23.6 Å². The number of carbonyl (C=O) groups excluding carboxylic acids is 4. The van der Waals surface area contributed by atoms with Crippen molar-refractivity contribution in [3.05, 3.63) is 0 Å². The lowest BCUT2D eigenvalue weighted by molar-refractivity contribution is -0.142. The van der Waals surface area contributed by atoms with Crippen LogP contribution in [0.15, 0.2) is 0 Å². The highest BCUT2D eigenvalue weighted by Crippen LogP contribution is 2.11. The quantitative estimate of drug-likeness (QED) is 0.0931. The van der Waals surface area contributed by atoms with Gasteiger partial charge in [0.25, 0.3) is 0 Å². The van der Waals surface area contributed by atoms with Gasteiger partial charge in [-0.3, -0.25) is 24.0 Å². The Labute approximate surface area is 216 Å². The van der Waals surface area contributed by atoms with Crippen LogP contribution in [0.4, 0.5) is 0 Å². The number of nitrogens with one attached hydrogen (secondary N) is 4. The first-order valence-electron chi connectivity index (χ1n) is 12.3. The highest BCUT2D eigenvalue weighted by atomic mass is 16.4. The molecule has 0 aliphatic rings. The Kier molecular flexibility index (Phi) is 15.7. The van der Waals surface area contributed by atoms with E-state index >= 15 is 0 Å². The summed E-state index contributed by atoms with van der Waals surface area (Å²) in [5.74, 6) is -6.11. The third kappa shape index (κ3) is 13.0. The summed E-state index contributed by atoms with van der Waals surface area (Å²) in [6.45, 7) is 6.72. The molecule has 5 atom stereocenters. The summed E-state index contributed by atoms with van der Waals surface area (Å²) in [5, 5.41) is 27.9. The van der Waals surface area contributed by atoms with Gasteiger partial charge in [-0.2, -0.15) is 0 Å². The first-order valence-corrected chi connectivity index (χ1v) is 12.3. The number of carboxylic acids is 2. The number of hydrogen-bond acceptors (Lipinski definition) is 8. The van der Waals surface area contributed by atoms with Crippen molar-refractivity contribution >= 4 is 35.6 Å². The smallest absolute Gasteiger partial charge is 0.326 e. The summed E-state index contributed by atoms with van der Waals surface area (Å²) < 4.78 is 0. The highest BCUT2D eigenvalue weighted by Gasteiger charge is 2.32. The lowest BCUT2D eigenvalue weighted by Gasteiger charge is -2.28. The van der Waals surface area contributed by atoms with E-state index in [0.717, 1.165) is 0 Å². The monoisotopic (exact) mass is 530 g/mol. The molecule has 0 aromatic heterocycles. The second-order valence-corrected chi connectivity index (χ2v) is 9.27. The van der Waals surface area contributed by atoms with Crippen LogP contribution in [0.5, 0.6) is 0 Å². The molecule has 212 valence electrons. The van der Waals surface area contributed by atoms with Crippen LogP contribution in [-0.4, -0.2) is 83.0 Å². The molecule has 0 aliphatic heterocycles. The molecular weight excluding hydrogens is 488 g/mol. The molecule has 0 aliphatic carbocycles. The van der Waals surface area contributed by atoms with Gasteiger partial charge in [-0.05, 0) is 37.6 Å². The SMILES string of the molecule is CC[C@H](C)[C@H](NC(=O)[C@@H](N)CC(=O)O)C(=O)N[C@H](C(=O)NCC(=O)N[C@@H](CCCCN)C(=O)O)C(C)C. The van der Waals surface area contributed by atoms with E-state index in [1.807, 2.05) is 0 Å². The first kappa shape index (κ1) is 33.7. The lowest BCUT2D eigenvalue weighted by atomic mass is 9.96. The van der Waals surface area contributed by atoms with Crippen molar-refractivity contribution in [3.63, 3.8) is 0 Å². The number of unbranched alkanes of at least 4 members (excludes halogenated alkanes) is 1. The van der Waals surface area contributed by atoms with Crippen LogP contribution in [0.25, 0.3) is 0 Å². The standard InChI is InChI=1S/C23H42N6O8/c1-5-13(4)19(29-20(33)14(25)10-17(31)32)22(35)28-18(12(2)3)21(34)26-11-16(30)27-15(23(36)37)8-6-7-9-24/h12-15,18-19H,5-11,24-25H2,1-4H3,(H,26,34)(H,27,30)(H,28,35)(H,29,33)(H,31,32)(H,36,37)/t13-,14-,15-,18-,19-/m0/s1. The number of carbonyl (C=O) groups is 6. The largest absolute Gasteiger partial charge is 0.481 e.